The van der Waals surface area contributed by atoms with Crippen molar-refractivity contribution in [3.05, 3.63) is 28.5 Å². The molecule has 1 heterocycles. The summed E-state index contributed by atoms with van der Waals surface area (Å²) in [7, 11) is 1.89. The van der Waals surface area contributed by atoms with Crippen LogP contribution in [-0.2, 0) is 0 Å². The fourth-order valence-corrected chi connectivity index (χ4v) is 2.96. The number of amides is 1. The van der Waals surface area contributed by atoms with Gasteiger partial charge < -0.3 is 4.90 Å². The lowest BCUT2D eigenvalue weighted by Crippen LogP contribution is -2.32. The minimum absolute atomic E-state index is 0.0867. The van der Waals surface area contributed by atoms with Crippen LogP contribution >= 0.6 is 15.9 Å². The number of carbonyl (C=O) groups is 1. The van der Waals surface area contributed by atoms with Crippen molar-refractivity contribution in [2.45, 2.75) is 32.1 Å². The van der Waals surface area contributed by atoms with Gasteiger partial charge in [-0.05, 0) is 46.8 Å². The molecule has 0 aromatic carbocycles. The number of pyridine rings is 1. The quantitative estimate of drug-likeness (QED) is 0.801. The number of hydrogen-bond donors (Lipinski definition) is 0. The Bertz CT molecular complexity index is 416. The van der Waals surface area contributed by atoms with Crippen molar-refractivity contribution >= 4 is 21.8 Å². The number of rotatable bonds is 3. The average molecular weight is 311 g/mol. The molecule has 0 bridgehead atoms. The van der Waals surface area contributed by atoms with Gasteiger partial charge in [0.1, 0.15) is 4.60 Å². The number of nitrogens with zero attached hydrogens (tertiary/aromatic N) is 2. The summed E-state index contributed by atoms with van der Waals surface area (Å²) in [6.07, 6.45) is 8.16. The summed E-state index contributed by atoms with van der Waals surface area (Å²) < 4.78 is 0.708. The molecule has 0 atom stereocenters. The van der Waals surface area contributed by atoms with E-state index in [9.17, 15) is 4.79 Å². The van der Waals surface area contributed by atoms with Gasteiger partial charge in [0.05, 0.1) is 0 Å². The molecule has 1 aliphatic carbocycles. The first-order valence-corrected chi connectivity index (χ1v) is 7.33. The zero-order valence-electron chi connectivity index (χ0n) is 10.7. The second-order valence-corrected chi connectivity index (χ2v) is 5.87. The highest BCUT2D eigenvalue weighted by Gasteiger charge is 2.19. The summed E-state index contributed by atoms with van der Waals surface area (Å²) in [4.78, 5) is 18.1. The number of halogens is 1. The van der Waals surface area contributed by atoms with Crippen molar-refractivity contribution < 1.29 is 4.79 Å². The van der Waals surface area contributed by atoms with Gasteiger partial charge >= 0.3 is 0 Å². The molecule has 1 aromatic rings. The fraction of sp³-hybridized carbons (Fsp3) is 0.571. The van der Waals surface area contributed by atoms with Crippen LogP contribution in [0.3, 0.4) is 0 Å². The van der Waals surface area contributed by atoms with Crippen LogP contribution in [0.15, 0.2) is 22.9 Å². The summed E-state index contributed by atoms with van der Waals surface area (Å²) in [5.41, 5.74) is 0.704. The maximum absolute atomic E-state index is 12.2. The Kier molecular flexibility index (Phi) is 4.75. The normalized spacial score (nSPS) is 16.6. The van der Waals surface area contributed by atoms with E-state index < -0.39 is 0 Å². The van der Waals surface area contributed by atoms with Crippen LogP contribution in [-0.4, -0.2) is 29.4 Å². The van der Waals surface area contributed by atoms with Gasteiger partial charge in [-0.15, -0.1) is 0 Å². The zero-order chi connectivity index (χ0) is 13.0. The van der Waals surface area contributed by atoms with E-state index in [4.69, 9.17) is 0 Å². The Morgan fingerprint density at radius 2 is 2.17 bits per heavy atom. The fourth-order valence-electron chi connectivity index (χ4n) is 2.60. The molecule has 1 aromatic heterocycles. The first-order chi connectivity index (χ1) is 8.66. The second-order valence-electron chi connectivity index (χ2n) is 5.06. The Morgan fingerprint density at radius 3 is 2.83 bits per heavy atom. The molecule has 0 unspecified atom stereocenters. The van der Waals surface area contributed by atoms with Crippen molar-refractivity contribution in [3.8, 4) is 0 Å². The Balaban J connectivity index is 1.95. The Labute approximate surface area is 117 Å². The lowest BCUT2D eigenvalue weighted by molar-refractivity contribution is 0.0760. The molecule has 98 valence electrons. The number of hydrogen-bond acceptors (Lipinski definition) is 2. The SMILES string of the molecule is CN(CC1CCCCC1)C(=O)c1ccnc(Br)c1. The zero-order valence-corrected chi connectivity index (χ0v) is 12.3. The highest BCUT2D eigenvalue weighted by molar-refractivity contribution is 9.10. The predicted octanol–water partition coefficient (Wildman–Crippen LogP) is 3.50. The summed E-state index contributed by atoms with van der Waals surface area (Å²) in [6, 6.07) is 3.55. The Morgan fingerprint density at radius 1 is 1.44 bits per heavy atom. The summed E-state index contributed by atoms with van der Waals surface area (Å²) in [6.45, 7) is 0.874. The second kappa shape index (κ2) is 6.32. The molecule has 3 nitrogen and oxygen atoms in total. The van der Waals surface area contributed by atoms with Crippen LogP contribution in [0.5, 0.6) is 0 Å². The van der Waals surface area contributed by atoms with Gasteiger partial charge in [0.25, 0.3) is 5.91 Å². The highest BCUT2D eigenvalue weighted by Crippen LogP contribution is 2.24. The summed E-state index contributed by atoms with van der Waals surface area (Å²) >= 11 is 3.30. The number of carbonyl (C=O) groups excluding carboxylic acids is 1. The van der Waals surface area contributed by atoms with E-state index in [1.54, 1.807) is 18.3 Å². The minimum atomic E-state index is 0.0867. The van der Waals surface area contributed by atoms with Crippen LogP contribution in [0.2, 0.25) is 0 Å². The molecule has 0 N–H and O–H groups in total. The molecule has 1 aliphatic rings. The maximum Gasteiger partial charge on any atom is 0.253 e. The van der Waals surface area contributed by atoms with E-state index in [0.717, 1.165) is 6.54 Å². The van der Waals surface area contributed by atoms with Gasteiger partial charge in [-0.2, -0.15) is 0 Å². The summed E-state index contributed by atoms with van der Waals surface area (Å²) in [5.74, 6) is 0.765. The van der Waals surface area contributed by atoms with Gasteiger partial charge in [-0.3, -0.25) is 4.79 Å². The third-order valence-corrected chi connectivity index (χ3v) is 4.01. The third-order valence-electron chi connectivity index (χ3n) is 3.58. The van der Waals surface area contributed by atoms with Crippen LogP contribution in [0.1, 0.15) is 42.5 Å². The van der Waals surface area contributed by atoms with E-state index in [1.807, 2.05) is 11.9 Å². The lowest BCUT2D eigenvalue weighted by Gasteiger charge is -2.27. The standard InChI is InChI=1S/C14H19BrN2O/c1-17(10-11-5-3-2-4-6-11)14(18)12-7-8-16-13(15)9-12/h7-9,11H,2-6,10H2,1H3. The molecule has 1 saturated carbocycles. The first-order valence-electron chi connectivity index (χ1n) is 6.54. The molecule has 0 saturated heterocycles. The third kappa shape index (κ3) is 3.55. The lowest BCUT2D eigenvalue weighted by atomic mass is 9.89. The van der Waals surface area contributed by atoms with Crippen molar-refractivity contribution in [1.82, 2.24) is 9.88 Å². The first kappa shape index (κ1) is 13.5. The number of aromatic nitrogens is 1. The van der Waals surface area contributed by atoms with Crippen molar-refractivity contribution in [1.29, 1.82) is 0 Å². The molecule has 0 radical (unpaired) electrons. The van der Waals surface area contributed by atoms with E-state index >= 15 is 0 Å². The molecule has 18 heavy (non-hydrogen) atoms. The largest absolute Gasteiger partial charge is 0.341 e. The molecule has 2 rings (SSSR count). The molecule has 1 fully saturated rings. The monoisotopic (exact) mass is 310 g/mol. The molecule has 1 amide bonds. The van der Waals surface area contributed by atoms with Crippen LogP contribution in [0.4, 0.5) is 0 Å². The van der Waals surface area contributed by atoms with E-state index in [2.05, 4.69) is 20.9 Å². The van der Waals surface area contributed by atoms with Crippen molar-refractivity contribution in [2.24, 2.45) is 5.92 Å². The van der Waals surface area contributed by atoms with E-state index in [-0.39, 0.29) is 5.91 Å². The highest BCUT2D eigenvalue weighted by atomic mass is 79.9. The van der Waals surface area contributed by atoms with E-state index in [1.165, 1.54) is 32.1 Å². The Hall–Kier alpha value is -0.900. The molecular formula is C14H19BrN2O. The van der Waals surface area contributed by atoms with Gasteiger partial charge in [-0.1, -0.05) is 19.3 Å². The molecule has 0 spiro atoms. The maximum atomic E-state index is 12.2. The van der Waals surface area contributed by atoms with Crippen LogP contribution in [0.25, 0.3) is 0 Å². The van der Waals surface area contributed by atoms with Crippen LogP contribution < -0.4 is 0 Å². The van der Waals surface area contributed by atoms with Gasteiger partial charge in [-0.25, -0.2) is 4.98 Å². The van der Waals surface area contributed by atoms with Crippen LogP contribution in [0, 0.1) is 5.92 Å². The smallest absolute Gasteiger partial charge is 0.253 e. The van der Waals surface area contributed by atoms with Gasteiger partial charge in [0, 0.05) is 25.4 Å². The van der Waals surface area contributed by atoms with Crippen molar-refractivity contribution in [3.63, 3.8) is 0 Å². The van der Waals surface area contributed by atoms with Crippen molar-refractivity contribution in [2.75, 3.05) is 13.6 Å². The predicted molar refractivity (Wildman–Crippen MR) is 75.5 cm³/mol. The van der Waals surface area contributed by atoms with E-state index in [0.29, 0.717) is 16.1 Å². The minimum Gasteiger partial charge on any atom is -0.341 e. The molecule has 0 aliphatic heterocycles. The van der Waals surface area contributed by atoms with Gasteiger partial charge in [0.2, 0.25) is 0 Å². The topological polar surface area (TPSA) is 33.2 Å². The van der Waals surface area contributed by atoms with Gasteiger partial charge in [0.15, 0.2) is 0 Å². The molecule has 4 heteroatoms. The molecular weight excluding hydrogens is 292 g/mol. The summed E-state index contributed by atoms with van der Waals surface area (Å²) in [5, 5.41) is 0. The average Bonchev–Trinajstić information content (AvgIpc) is 2.39.